The highest BCUT2D eigenvalue weighted by atomic mass is 17.2. The van der Waals surface area contributed by atoms with Crippen LogP contribution in [0.15, 0.2) is 0 Å². The van der Waals surface area contributed by atoms with E-state index in [1.165, 1.54) is 0 Å². The first kappa shape index (κ1) is 12.4. The summed E-state index contributed by atoms with van der Waals surface area (Å²) < 4.78 is 0. The molecule has 0 unspecified atom stereocenters. The zero-order valence-corrected chi connectivity index (χ0v) is 8.12. The topological polar surface area (TPSA) is 55.8 Å². The summed E-state index contributed by atoms with van der Waals surface area (Å²) in [7, 11) is 0. The molecule has 0 aliphatic carbocycles. The van der Waals surface area contributed by atoms with E-state index in [1.54, 1.807) is 0 Å². The molecule has 0 saturated heterocycles. The van der Waals surface area contributed by atoms with Gasteiger partial charge in [-0.05, 0) is 19.3 Å². The molecule has 0 saturated carbocycles. The quantitative estimate of drug-likeness (QED) is 0.357. The molecule has 4 heteroatoms. The number of aliphatic hydroxyl groups excluding tert-OH is 1. The smallest absolute Gasteiger partial charge is 0.342 e. The van der Waals surface area contributed by atoms with E-state index in [0.29, 0.717) is 13.0 Å². The van der Waals surface area contributed by atoms with Gasteiger partial charge in [-0.15, -0.1) is 0 Å². The molecule has 0 atom stereocenters. The summed E-state index contributed by atoms with van der Waals surface area (Å²) in [5.74, 6) is -0.327. The molecule has 4 nitrogen and oxygen atoms in total. The minimum absolute atomic E-state index is 0.182. The SMILES string of the molecule is CCCOOC(=O)CCCCCO. The molecule has 0 aromatic heterocycles. The zero-order chi connectivity index (χ0) is 9.94. The van der Waals surface area contributed by atoms with E-state index in [0.717, 1.165) is 25.7 Å². The van der Waals surface area contributed by atoms with Gasteiger partial charge in [-0.2, -0.15) is 4.89 Å². The van der Waals surface area contributed by atoms with Crippen LogP contribution in [0.1, 0.15) is 39.0 Å². The van der Waals surface area contributed by atoms with Gasteiger partial charge in [-0.1, -0.05) is 13.3 Å². The van der Waals surface area contributed by atoms with E-state index < -0.39 is 0 Å². The van der Waals surface area contributed by atoms with Gasteiger partial charge >= 0.3 is 5.97 Å². The van der Waals surface area contributed by atoms with Crippen LogP contribution in [0.2, 0.25) is 0 Å². The Morgan fingerprint density at radius 2 is 2.08 bits per heavy atom. The lowest BCUT2D eigenvalue weighted by Gasteiger charge is -2.01. The van der Waals surface area contributed by atoms with Crippen molar-refractivity contribution in [2.75, 3.05) is 13.2 Å². The molecule has 78 valence electrons. The number of unbranched alkanes of at least 4 members (excludes halogenated alkanes) is 2. The fraction of sp³-hybridized carbons (Fsp3) is 0.889. The van der Waals surface area contributed by atoms with Crippen molar-refractivity contribution in [1.29, 1.82) is 0 Å². The van der Waals surface area contributed by atoms with Gasteiger partial charge < -0.3 is 5.11 Å². The van der Waals surface area contributed by atoms with Crippen molar-refractivity contribution in [3.8, 4) is 0 Å². The molecular weight excluding hydrogens is 172 g/mol. The van der Waals surface area contributed by atoms with Crippen molar-refractivity contribution < 1.29 is 19.7 Å². The largest absolute Gasteiger partial charge is 0.396 e. The van der Waals surface area contributed by atoms with E-state index >= 15 is 0 Å². The zero-order valence-electron chi connectivity index (χ0n) is 8.12. The average Bonchev–Trinajstić information content (AvgIpc) is 2.13. The van der Waals surface area contributed by atoms with E-state index in [-0.39, 0.29) is 12.6 Å². The summed E-state index contributed by atoms with van der Waals surface area (Å²) in [4.78, 5) is 19.9. The van der Waals surface area contributed by atoms with Gasteiger partial charge in [-0.25, -0.2) is 4.79 Å². The van der Waals surface area contributed by atoms with Gasteiger partial charge in [0, 0.05) is 13.0 Å². The minimum atomic E-state index is -0.327. The van der Waals surface area contributed by atoms with E-state index in [4.69, 9.17) is 5.11 Å². The maximum atomic E-state index is 10.9. The van der Waals surface area contributed by atoms with Gasteiger partial charge in [0.25, 0.3) is 0 Å². The van der Waals surface area contributed by atoms with Crippen LogP contribution in [0.25, 0.3) is 0 Å². The van der Waals surface area contributed by atoms with E-state index in [9.17, 15) is 4.79 Å². The Kier molecular flexibility index (Phi) is 9.03. The van der Waals surface area contributed by atoms with Gasteiger partial charge in [0.1, 0.15) is 0 Å². The lowest BCUT2D eigenvalue weighted by molar-refractivity contribution is -0.272. The number of aliphatic hydroxyl groups is 1. The first-order valence-electron chi connectivity index (χ1n) is 4.74. The maximum Gasteiger partial charge on any atom is 0.342 e. The molecule has 0 aliphatic rings. The van der Waals surface area contributed by atoms with Gasteiger partial charge in [0.2, 0.25) is 0 Å². The molecule has 1 N–H and O–H groups in total. The standard InChI is InChI=1S/C9H18O4/c1-2-8-12-13-9(11)6-4-3-5-7-10/h10H,2-8H2,1H3. The lowest BCUT2D eigenvalue weighted by atomic mass is 10.2. The lowest BCUT2D eigenvalue weighted by Crippen LogP contribution is -2.05. The highest BCUT2D eigenvalue weighted by Gasteiger charge is 2.02. The van der Waals surface area contributed by atoms with Crippen LogP contribution in [-0.2, 0) is 14.6 Å². The summed E-state index contributed by atoms with van der Waals surface area (Å²) >= 11 is 0. The maximum absolute atomic E-state index is 10.9. The second-order valence-corrected chi connectivity index (χ2v) is 2.81. The third-order valence-corrected chi connectivity index (χ3v) is 1.48. The van der Waals surface area contributed by atoms with Crippen molar-refractivity contribution >= 4 is 5.97 Å². The summed E-state index contributed by atoms with van der Waals surface area (Å²) in [5, 5.41) is 8.46. The van der Waals surface area contributed by atoms with Crippen LogP contribution in [-0.4, -0.2) is 24.3 Å². The molecule has 0 bridgehead atoms. The van der Waals surface area contributed by atoms with E-state index in [2.05, 4.69) is 9.78 Å². The Bertz CT molecular complexity index is 125. The highest BCUT2D eigenvalue weighted by molar-refractivity contribution is 5.68. The molecule has 13 heavy (non-hydrogen) atoms. The molecule has 0 heterocycles. The van der Waals surface area contributed by atoms with Crippen molar-refractivity contribution in [3.05, 3.63) is 0 Å². The third-order valence-electron chi connectivity index (χ3n) is 1.48. The second-order valence-electron chi connectivity index (χ2n) is 2.81. The van der Waals surface area contributed by atoms with E-state index in [1.807, 2.05) is 6.92 Å². The van der Waals surface area contributed by atoms with Crippen molar-refractivity contribution in [2.24, 2.45) is 0 Å². The Morgan fingerprint density at radius 3 is 2.69 bits per heavy atom. The van der Waals surface area contributed by atoms with Crippen LogP contribution in [0.3, 0.4) is 0 Å². The molecular formula is C9H18O4. The molecule has 0 amide bonds. The fourth-order valence-electron chi connectivity index (χ4n) is 0.790. The fourth-order valence-corrected chi connectivity index (χ4v) is 0.790. The van der Waals surface area contributed by atoms with Gasteiger partial charge in [0.15, 0.2) is 0 Å². The Balaban J connectivity index is 3.11. The molecule has 0 aromatic rings. The highest BCUT2D eigenvalue weighted by Crippen LogP contribution is 2.00. The average molecular weight is 190 g/mol. The van der Waals surface area contributed by atoms with Crippen LogP contribution < -0.4 is 0 Å². The normalized spacial score (nSPS) is 10.0. The predicted molar refractivity (Wildman–Crippen MR) is 47.9 cm³/mol. The van der Waals surface area contributed by atoms with Crippen molar-refractivity contribution in [2.45, 2.75) is 39.0 Å². The first-order chi connectivity index (χ1) is 6.31. The van der Waals surface area contributed by atoms with Crippen LogP contribution in [0.4, 0.5) is 0 Å². The summed E-state index contributed by atoms with van der Waals surface area (Å²) in [6.45, 7) is 2.57. The number of carbonyl (C=O) groups is 1. The van der Waals surface area contributed by atoms with Crippen LogP contribution in [0.5, 0.6) is 0 Å². The van der Waals surface area contributed by atoms with Crippen LogP contribution in [0, 0.1) is 0 Å². The number of hydrogen-bond acceptors (Lipinski definition) is 4. The summed E-state index contributed by atoms with van der Waals surface area (Å²) in [5.41, 5.74) is 0. The first-order valence-corrected chi connectivity index (χ1v) is 4.74. The summed E-state index contributed by atoms with van der Waals surface area (Å²) in [6.07, 6.45) is 3.53. The molecule has 0 aliphatic heterocycles. The molecule has 0 aromatic carbocycles. The Morgan fingerprint density at radius 1 is 1.31 bits per heavy atom. The molecule has 0 fully saturated rings. The monoisotopic (exact) mass is 190 g/mol. The molecule has 0 radical (unpaired) electrons. The van der Waals surface area contributed by atoms with Crippen molar-refractivity contribution in [1.82, 2.24) is 0 Å². The summed E-state index contributed by atoms with van der Waals surface area (Å²) in [6, 6.07) is 0. The van der Waals surface area contributed by atoms with Gasteiger partial charge in [-0.3, -0.25) is 4.89 Å². The Labute approximate surface area is 78.8 Å². The second kappa shape index (κ2) is 9.48. The number of rotatable bonds is 8. The van der Waals surface area contributed by atoms with Gasteiger partial charge in [0.05, 0.1) is 6.61 Å². The Hall–Kier alpha value is -0.610. The number of carbonyl (C=O) groups excluding carboxylic acids is 1. The molecule has 0 spiro atoms. The minimum Gasteiger partial charge on any atom is -0.396 e. The van der Waals surface area contributed by atoms with Crippen LogP contribution >= 0.6 is 0 Å². The van der Waals surface area contributed by atoms with Crippen molar-refractivity contribution in [3.63, 3.8) is 0 Å². The third kappa shape index (κ3) is 9.30. The number of hydrogen-bond donors (Lipinski definition) is 1. The predicted octanol–water partition coefficient (Wildman–Crippen LogP) is 1.42. The molecule has 0 rings (SSSR count).